The van der Waals surface area contributed by atoms with Crippen LogP contribution in [-0.4, -0.2) is 81.1 Å². The maximum absolute atomic E-state index is 10.6. The third-order valence-corrected chi connectivity index (χ3v) is 5.54. The highest BCUT2D eigenvalue weighted by molar-refractivity contribution is 8.01. The molecule has 2 aliphatic rings. The number of nitrogens with zero attached hydrogens (tertiary/aromatic N) is 2. The van der Waals surface area contributed by atoms with Crippen LogP contribution in [0.1, 0.15) is 12.1 Å². The van der Waals surface area contributed by atoms with Crippen LogP contribution in [0.5, 0.6) is 0 Å². The summed E-state index contributed by atoms with van der Waals surface area (Å²) in [6, 6.07) is 5.97. The van der Waals surface area contributed by atoms with E-state index in [1.54, 1.807) is 0 Å². The highest BCUT2D eigenvalue weighted by Crippen LogP contribution is 2.45. The standard InChI is InChI=1S/C13H18N2OS.2C2HF3O2/c1-15-9-13(10-15)6-12(8-17-13)16-7-11-4-2-3-5-14-11;2*3-2(4,5)1(6)7/h2-5,12H,6-10H2,1H3;2*(H,6,7). The van der Waals surface area contributed by atoms with Gasteiger partial charge in [0, 0.05) is 29.8 Å². The SMILES string of the molecule is CN1CC2(CC(OCc3ccccn3)CS2)C1.O=C(O)C(F)(F)F.O=C(O)C(F)(F)F. The number of aromatic nitrogens is 1. The van der Waals surface area contributed by atoms with Gasteiger partial charge in [0.15, 0.2) is 0 Å². The van der Waals surface area contributed by atoms with E-state index in [4.69, 9.17) is 24.5 Å². The molecule has 2 fully saturated rings. The van der Waals surface area contributed by atoms with E-state index in [1.165, 1.54) is 19.5 Å². The van der Waals surface area contributed by atoms with Gasteiger partial charge in [-0.05, 0) is 25.6 Å². The molecule has 2 saturated heterocycles. The summed E-state index contributed by atoms with van der Waals surface area (Å²) < 4.78 is 69.9. The number of halogens is 6. The van der Waals surface area contributed by atoms with Gasteiger partial charge in [-0.1, -0.05) is 6.07 Å². The van der Waals surface area contributed by atoms with Gasteiger partial charge in [0.2, 0.25) is 0 Å². The number of ether oxygens (including phenoxy) is 1. The molecular weight excluding hydrogens is 458 g/mol. The van der Waals surface area contributed by atoms with Crippen molar-refractivity contribution in [2.45, 2.75) is 36.2 Å². The second kappa shape index (κ2) is 11.0. The number of hydrogen-bond donors (Lipinski definition) is 2. The second-order valence-corrected chi connectivity index (χ2v) is 8.22. The molecule has 176 valence electrons. The monoisotopic (exact) mass is 478 g/mol. The number of likely N-dealkylation sites (tertiary alicyclic amines) is 1. The lowest BCUT2D eigenvalue weighted by molar-refractivity contribution is -0.193. The first kappa shape index (κ1) is 27.0. The van der Waals surface area contributed by atoms with E-state index in [-0.39, 0.29) is 0 Å². The Morgan fingerprint density at radius 1 is 1.16 bits per heavy atom. The van der Waals surface area contributed by atoms with Gasteiger partial charge in [0.1, 0.15) is 0 Å². The molecule has 2 N–H and O–H groups in total. The maximum Gasteiger partial charge on any atom is 0.490 e. The largest absolute Gasteiger partial charge is 0.490 e. The number of rotatable bonds is 3. The summed E-state index contributed by atoms with van der Waals surface area (Å²) in [5, 5.41) is 14.2. The lowest BCUT2D eigenvalue weighted by Gasteiger charge is -2.45. The first-order chi connectivity index (χ1) is 14.1. The van der Waals surface area contributed by atoms with Gasteiger partial charge >= 0.3 is 24.3 Å². The lowest BCUT2D eigenvalue weighted by atomic mass is 9.94. The predicted molar refractivity (Wildman–Crippen MR) is 97.5 cm³/mol. The van der Waals surface area contributed by atoms with Crippen LogP contribution in [0, 0.1) is 0 Å². The Hall–Kier alpha value is -2.06. The van der Waals surface area contributed by atoms with Crippen LogP contribution in [0.4, 0.5) is 26.3 Å². The molecule has 1 unspecified atom stereocenters. The summed E-state index contributed by atoms with van der Waals surface area (Å²) in [6.07, 6.45) is -6.73. The van der Waals surface area contributed by atoms with Crippen molar-refractivity contribution in [3.63, 3.8) is 0 Å². The van der Waals surface area contributed by atoms with Crippen LogP contribution in [-0.2, 0) is 20.9 Å². The molecule has 31 heavy (non-hydrogen) atoms. The van der Waals surface area contributed by atoms with E-state index in [1.807, 2.05) is 24.4 Å². The number of thioether (sulfide) groups is 1. The molecule has 1 spiro atoms. The lowest BCUT2D eigenvalue weighted by Crippen LogP contribution is -2.56. The predicted octanol–water partition coefficient (Wildman–Crippen LogP) is 3.05. The molecule has 3 heterocycles. The van der Waals surface area contributed by atoms with Crippen molar-refractivity contribution in [3.05, 3.63) is 30.1 Å². The summed E-state index contributed by atoms with van der Waals surface area (Å²) in [5.41, 5.74) is 1.03. The number of carbonyl (C=O) groups is 2. The van der Waals surface area contributed by atoms with Crippen molar-refractivity contribution in [1.29, 1.82) is 0 Å². The number of hydrogen-bond acceptors (Lipinski definition) is 6. The Morgan fingerprint density at radius 2 is 1.68 bits per heavy atom. The van der Waals surface area contributed by atoms with Gasteiger partial charge in [-0.25, -0.2) is 9.59 Å². The normalized spacial score (nSPS) is 20.0. The van der Waals surface area contributed by atoms with E-state index in [0.29, 0.717) is 17.5 Å². The van der Waals surface area contributed by atoms with Crippen LogP contribution >= 0.6 is 11.8 Å². The van der Waals surface area contributed by atoms with Crippen molar-refractivity contribution in [3.8, 4) is 0 Å². The Morgan fingerprint density at radius 3 is 2.06 bits per heavy atom. The number of alkyl halides is 6. The molecule has 0 amide bonds. The molecule has 7 nitrogen and oxygen atoms in total. The Bertz CT molecular complexity index is 702. The van der Waals surface area contributed by atoms with E-state index in [2.05, 4.69) is 28.7 Å². The number of aliphatic carboxylic acids is 2. The van der Waals surface area contributed by atoms with Crippen molar-refractivity contribution < 1.29 is 50.9 Å². The van der Waals surface area contributed by atoms with Crippen LogP contribution < -0.4 is 0 Å². The summed E-state index contributed by atoms with van der Waals surface area (Å²) in [5.74, 6) is -4.37. The average Bonchev–Trinajstić information content (AvgIpc) is 3.04. The third kappa shape index (κ3) is 9.74. The zero-order valence-electron chi connectivity index (χ0n) is 16.1. The Kier molecular flexibility index (Phi) is 9.57. The van der Waals surface area contributed by atoms with Gasteiger partial charge in [0.05, 0.1) is 18.4 Å². The summed E-state index contributed by atoms with van der Waals surface area (Å²) in [6.45, 7) is 3.10. The molecular formula is C17H20F6N2O5S. The fourth-order valence-corrected chi connectivity index (χ4v) is 4.43. The molecule has 0 radical (unpaired) electrons. The van der Waals surface area contributed by atoms with E-state index in [9.17, 15) is 26.3 Å². The molecule has 3 rings (SSSR count). The molecule has 1 aromatic heterocycles. The molecule has 0 bridgehead atoms. The average molecular weight is 478 g/mol. The number of carboxylic acid groups (broad SMARTS) is 2. The molecule has 0 aliphatic carbocycles. The van der Waals surface area contributed by atoms with E-state index >= 15 is 0 Å². The van der Waals surface area contributed by atoms with Crippen molar-refractivity contribution in [1.82, 2.24) is 9.88 Å². The minimum atomic E-state index is -5.08. The highest BCUT2D eigenvalue weighted by atomic mass is 32.2. The number of pyridine rings is 1. The summed E-state index contributed by atoms with van der Waals surface area (Å²) in [4.78, 5) is 24.5. The minimum absolute atomic E-state index is 0.413. The van der Waals surface area contributed by atoms with Crippen LogP contribution in [0.3, 0.4) is 0 Å². The first-order valence-electron chi connectivity index (χ1n) is 8.59. The summed E-state index contributed by atoms with van der Waals surface area (Å²) in [7, 11) is 2.19. The fourth-order valence-electron chi connectivity index (χ4n) is 2.75. The Balaban J connectivity index is 0.000000288. The second-order valence-electron chi connectivity index (χ2n) is 6.73. The quantitative estimate of drug-likeness (QED) is 0.640. The molecule has 2 aliphatic heterocycles. The Labute approximate surface area is 177 Å². The first-order valence-corrected chi connectivity index (χ1v) is 9.57. The van der Waals surface area contributed by atoms with Crippen LogP contribution in [0.2, 0.25) is 0 Å². The zero-order valence-corrected chi connectivity index (χ0v) is 16.9. The molecule has 0 aromatic carbocycles. The van der Waals surface area contributed by atoms with Crippen molar-refractivity contribution >= 4 is 23.7 Å². The van der Waals surface area contributed by atoms with E-state index < -0.39 is 24.3 Å². The smallest absolute Gasteiger partial charge is 0.475 e. The van der Waals surface area contributed by atoms with Crippen molar-refractivity contribution in [2.24, 2.45) is 0 Å². The van der Waals surface area contributed by atoms with Gasteiger partial charge in [0.25, 0.3) is 0 Å². The number of carboxylic acids is 2. The summed E-state index contributed by atoms with van der Waals surface area (Å²) >= 11 is 2.09. The van der Waals surface area contributed by atoms with E-state index in [0.717, 1.165) is 11.4 Å². The molecule has 14 heteroatoms. The molecule has 1 aromatic rings. The van der Waals surface area contributed by atoms with Crippen LogP contribution in [0.25, 0.3) is 0 Å². The zero-order chi connectivity index (χ0) is 23.9. The molecule has 1 atom stereocenters. The highest BCUT2D eigenvalue weighted by Gasteiger charge is 2.47. The van der Waals surface area contributed by atoms with Crippen molar-refractivity contribution in [2.75, 3.05) is 25.9 Å². The topological polar surface area (TPSA) is 100.0 Å². The van der Waals surface area contributed by atoms with Gasteiger partial charge < -0.3 is 19.8 Å². The maximum atomic E-state index is 10.6. The van der Waals surface area contributed by atoms with Gasteiger partial charge in [-0.15, -0.1) is 11.8 Å². The molecule has 0 saturated carbocycles. The fraction of sp³-hybridized carbons (Fsp3) is 0.588. The van der Waals surface area contributed by atoms with Gasteiger partial charge in [-0.2, -0.15) is 26.3 Å². The minimum Gasteiger partial charge on any atom is -0.475 e. The van der Waals surface area contributed by atoms with Gasteiger partial charge in [-0.3, -0.25) is 4.98 Å². The van der Waals surface area contributed by atoms with Crippen LogP contribution in [0.15, 0.2) is 24.4 Å². The third-order valence-electron chi connectivity index (χ3n) is 3.97.